The van der Waals surface area contributed by atoms with Gasteiger partial charge in [0.05, 0.1) is 18.5 Å². The lowest BCUT2D eigenvalue weighted by molar-refractivity contribution is -0.124. The highest BCUT2D eigenvalue weighted by Gasteiger charge is 2.19. The molecule has 0 aliphatic rings. The van der Waals surface area contributed by atoms with E-state index in [1.54, 1.807) is 23.0 Å². The van der Waals surface area contributed by atoms with E-state index < -0.39 is 5.97 Å². The van der Waals surface area contributed by atoms with Gasteiger partial charge in [-0.2, -0.15) is 5.10 Å². The molecule has 1 amide bonds. The minimum Gasteiger partial charge on any atom is -0.452 e. The summed E-state index contributed by atoms with van der Waals surface area (Å²) in [5.41, 5.74) is 1.01. The van der Waals surface area contributed by atoms with Crippen molar-refractivity contribution in [3.63, 3.8) is 0 Å². The van der Waals surface area contributed by atoms with E-state index in [1.165, 1.54) is 13.3 Å². The van der Waals surface area contributed by atoms with E-state index in [0.29, 0.717) is 36.6 Å². The Labute approximate surface area is 139 Å². The maximum atomic E-state index is 12.2. The molecule has 2 aromatic rings. The second-order valence-corrected chi connectivity index (χ2v) is 4.88. The van der Waals surface area contributed by atoms with Crippen LogP contribution in [0.15, 0.2) is 30.6 Å². The molecular weight excluding hydrogens is 312 g/mol. The Bertz CT molecular complexity index is 685. The first-order chi connectivity index (χ1) is 11.7. The van der Waals surface area contributed by atoms with Gasteiger partial charge < -0.3 is 14.8 Å². The van der Waals surface area contributed by atoms with Gasteiger partial charge in [0.2, 0.25) is 0 Å². The summed E-state index contributed by atoms with van der Waals surface area (Å²) in [6.07, 6.45) is 3.65. The molecule has 0 aliphatic carbocycles. The molecule has 1 N–H and O–H groups in total. The van der Waals surface area contributed by atoms with Crippen LogP contribution in [0.3, 0.4) is 0 Å². The Morgan fingerprint density at radius 2 is 2.17 bits per heavy atom. The summed E-state index contributed by atoms with van der Waals surface area (Å²) in [6.45, 7) is 2.33. The number of ether oxygens (including phenoxy) is 2. The van der Waals surface area contributed by atoms with Crippen LogP contribution in [0.4, 0.5) is 0 Å². The maximum Gasteiger partial charge on any atom is 0.342 e. The zero-order chi connectivity index (χ0) is 17.4. The summed E-state index contributed by atoms with van der Waals surface area (Å²) < 4.78 is 11.5. The zero-order valence-electron chi connectivity index (χ0n) is 13.7. The number of amides is 1. The minimum atomic E-state index is -0.587. The van der Waals surface area contributed by atoms with E-state index >= 15 is 0 Å². The van der Waals surface area contributed by atoms with Gasteiger partial charge >= 0.3 is 5.97 Å². The van der Waals surface area contributed by atoms with E-state index in [1.807, 2.05) is 13.0 Å². The van der Waals surface area contributed by atoms with Crippen molar-refractivity contribution in [1.82, 2.24) is 20.1 Å². The van der Waals surface area contributed by atoms with Gasteiger partial charge in [0.1, 0.15) is 5.56 Å². The number of methoxy groups -OCH3 is 1. The van der Waals surface area contributed by atoms with Crippen LogP contribution in [0.5, 0.6) is 0 Å². The normalized spacial score (nSPS) is 10.4. The number of nitrogens with zero attached hydrogens (tertiary/aromatic N) is 3. The Morgan fingerprint density at radius 1 is 1.33 bits per heavy atom. The molecule has 0 saturated carbocycles. The second-order valence-electron chi connectivity index (χ2n) is 4.88. The Kier molecular flexibility index (Phi) is 6.44. The number of nitrogens with one attached hydrogen (secondary N) is 1. The zero-order valence-corrected chi connectivity index (χ0v) is 13.7. The number of esters is 1. The summed E-state index contributed by atoms with van der Waals surface area (Å²) in [5, 5.41) is 6.78. The van der Waals surface area contributed by atoms with Crippen molar-refractivity contribution in [2.24, 2.45) is 0 Å². The molecule has 0 fully saturated rings. The van der Waals surface area contributed by atoms with Crippen molar-refractivity contribution < 1.29 is 19.1 Å². The van der Waals surface area contributed by atoms with Crippen LogP contribution in [0.1, 0.15) is 23.0 Å². The molecule has 2 heterocycles. The van der Waals surface area contributed by atoms with Crippen LogP contribution >= 0.6 is 0 Å². The van der Waals surface area contributed by atoms with Gasteiger partial charge in [-0.25, -0.2) is 14.5 Å². The fraction of sp³-hybridized carbons (Fsp3) is 0.375. The van der Waals surface area contributed by atoms with Crippen LogP contribution in [0.25, 0.3) is 5.82 Å². The molecular formula is C16H20N4O4. The standard InChI is InChI=1S/C16H20N4O4/c1-3-13-12(10-19-20(13)14-6-4-5-7-17-14)16(22)24-11-15(21)18-8-9-23-2/h4-7,10H,3,8-9,11H2,1-2H3,(H,18,21). The largest absolute Gasteiger partial charge is 0.452 e. The molecule has 128 valence electrons. The van der Waals surface area contributed by atoms with Gasteiger partial charge in [-0.05, 0) is 18.6 Å². The highest BCUT2D eigenvalue weighted by molar-refractivity contribution is 5.92. The average Bonchev–Trinajstić information content (AvgIpc) is 3.04. The van der Waals surface area contributed by atoms with Crippen LogP contribution in [0, 0.1) is 0 Å². The van der Waals surface area contributed by atoms with Gasteiger partial charge in [-0.3, -0.25) is 4.79 Å². The molecule has 0 unspecified atom stereocenters. The first kappa shape index (κ1) is 17.6. The van der Waals surface area contributed by atoms with Crippen LogP contribution in [-0.2, 0) is 20.7 Å². The molecule has 2 rings (SSSR count). The van der Waals surface area contributed by atoms with Crippen molar-refractivity contribution in [2.45, 2.75) is 13.3 Å². The molecule has 0 bridgehead atoms. The first-order valence-corrected chi connectivity index (χ1v) is 7.58. The topological polar surface area (TPSA) is 95.3 Å². The van der Waals surface area contributed by atoms with E-state index in [0.717, 1.165) is 0 Å². The third-order valence-corrected chi connectivity index (χ3v) is 3.25. The molecule has 8 heteroatoms. The molecule has 0 spiro atoms. The molecule has 0 atom stereocenters. The van der Waals surface area contributed by atoms with Crippen LogP contribution in [0.2, 0.25) is 0 Å². The lowest BCUT2D eigenvalue weighted by Gasteiger charge is -2.08. The van der Waals surface area contributed by atoms with Crippen molar-refractivity contribution >= 4 is 11.9 Å². The minimum absolute atomic E-state index is 0.327. The molecule has 0 aromatic carbocycles. The Balaban J connectivity index is 2.02. The van der Waals surface area contributed by atoms with E-state index in [-0.39, 0.29) is 12.5 Å². The summed E-state index contributed by atoms with van der Waals surface area (Å²) >= 11 is 0. The van der Waals surface area contributed by atoms with Crippen LogP contribution < -0.4 is 5.32 Å². The third kappa shape index (κ3) is 4.39. The number of carbonyl (C=O) groups excluding carboxylic acids is 2. The number of hydrogen-bond donors (Lipinski definition) is 1. The predicted octanol–water partition coefficient (Wildman–Crippen LogP) is 0.749. The number of carbonyl (C=O) groups is 2. The Hall–Kier alpha value is -2.74. The molecule has 0 radical (unpaired) electrons. The summed E-state index contributed by atoms with van der Waals surface area (Å²) in [6, 6.07) is 5.44. The van der Waals surface area contributed by atoms with Crippen molar-refractivity contribution in [2.75, 3.05) is 26.9 Å². The Morgan fingerprint density at radius 3 is 2.83 bits per heavy atom. The van der Waals surface area contributed by atoms with E-state index in [9.17, 15) is 9.59 Å². The van der Waals surface area contributed by atoms with E-state index in [4.69, 9.17) is 9.47 Å². The fourth-order valence-electron chi connectivity index (χ4n) is 2.11. The number of hydrogen-bond acceptors (Lipinski definition) is 6. The summed E-state index contributed by atoms with van der Waals surface area (Å²) in [5.74, 6) is -0.350. The smallest absolute Gasteiger partial charge is 0.342 e. The van der Waals surface area contributed by atoms with Crippen molar-refractivity contribution in [3.05, 3.63) is 41.9 Å². The molecule has 0 aliphatic heterocycles. The maximum absolute atomic E-state index is 12.2. The first-order valence-electron chi connectivity index (χ1n) is 7.58. The third-order valence-electron chi connectivity index (χ3n) is 3.25. The average molecular weight is 332 g/mol. The summed E-state index contributed by atoms with van der Waals surface area (Å²) in [4.78, 5) is 28.0. The van der Waals surface area contributed by atoms with Crippen molar-refractivity contribution in [1.29, 1.82) is 0 Å². The SMILES string of the molecule is CCc1c(C(=O)OCC(=O)NCCOC)cnn1-c1ccccn1. The monoisotopic (exact) mass is 332 g/mol. The second kappa shape index (κ2) is 8.78. The van der Waals surface area contributed by atoms with E-state index in [2.05, 4.69) is 15.4 Å². The quantitative estimate of drug-likeness (QED) is 0.566. The predicted molar refractivity (Wildman–Crippen MR) is 85.9 cm³/mol. The lowest BCUT2D eigenvalue weighted by atomic mass is 10.2. The number of pyridine rings is 1. The van der Waals surface area contributed by atoms with Gasteiger partial charge in [-0.15, -0.1) is 0 Å². The molecule has 2 aromatic heterocycles. The summed E-state index contributed by atoms with van der Waals surface area (Å²) in [7, 11) is 1.54. The molecule has 8 nitrogen and oxygen atoms in total. The molecule has 0 saturated heterocycles. The van der Waals surface area contributed by atoms with Gasteiger partial charge in [0.25, 0.3) is 5.91 Å². The lowest BCUT2D eigenvalue weighted by Crippen LogP contribution is -2.31. The van der Waals surface area contributed by atoms with Gasteiger partial charge in [-0.1, -0.05) is 13.0 Å². The van der Waals surface area contributed by atoms with Gasteiger partial charge in [0, 0.05) is 19.9 Å². The molecule has 24 heavy (non-hydrogen) atoms. The number of aromatic nitrogens is 3. The number of rotatable bonds is 8. The van der Waals surface area contributed by atoms with Crippen LogP contribution in [-0.4, -0.2) is 53.5 Å². The highest BCUT2D eigenvalue weighted by Crippen LogP contribution is 2.15. The fourth-order valence-corrected chi connectivity index (χ4v) is 2.11. The van der Waals surface area contributed by atoms with Crippen molar-refractivity contribution in [3.8, 4) is 5.82 Å². The van der Waals surface area contributed by atoms with Gasteiger partial charge in [0.15, 0.2) is 12.4 Å². The highest BCUT2D eigenvalue weighted by atomic mass is 16.5.